The van der Waals surface area contributed by atoms with Gasteiger partial charge in [0.15, 0.2) is 6.17 Å². The van der Waals surface area contributed by atoms with E-state index >= 15 is 0 Å². The van der Waals surface area contributed by atoms with E-state index in [0.717, 1.165) is 12.1 Å². The number of rotatable bonds is 3. The van der Waals surface area contributed by atoms with Gasteiger partial charge in [-0.05, 0) is 35.4 Å². The molecule has 1 aliphatic carbocycles. The summed E-state index contributed by atoms with van der Waals surface area (Å²) in [7, 11) is 0. The van der Waals surface area contributed by atoms with Crippen molar-refractivity contribution in [3.63, 3.8) is 0 Å². The number of halogens is 4. The average molecular weight is 316 g/mol. The number of aliphatic carboxylic acids is 2. The van der Waals surface area contributed by atoms with Crippen LogP contribution in [0.3, 0.4) is 0 Å². The monoisotopic (exact) mass is 316 g/mol. The molecule has 8 heteroatoms. The fourth-order valence-corrected chi connectivity index (χ4v) is 2.14. The zero-order valence-electron chi connectivity index (χ0n) is 10.7. The molecule has 0 aliphatic heterocycles. The van der Waals surface area contributed by atoms with E-state index in [1.807, 2.05) is 0 Å². The Bertz CT molecular complexity index is 689. The summed E-state index contributed by atoms with van der Waals surface area (Å²) in [4.78, 5) is 22.1. The Morgan fingerprint density at radius 2 is 1.50 bits per heavy atom. The van der Waals surface area contributed by atoms with Gasteiger partial charge in [-0.15, -0.1) is 0 Å². The Morgan fingerprint density at radius 1 is 1.00 bits per heavy atom. The molecule has 0 spiro atoms. The molecule has 1 unspecified atom stereocenters. The molecule has 0 amide bonds. The molecule has 0 saturated carbocycles. The molecule has 0 saturated heterocycles. The van der Waals surface area contributed by atoms with Crippen LogP contribution in [-0.4, -0.2) is 28.3 Å². The van der Waals surface area contributed by atoms with Crippen LogP contribution in [-0.2, 0) is 9.59 Å². The van der Waals surface area contributed by atoms with Gasteiger partial charge in [-0.1, -0.05) is 0 Å². The van der Waals surface area contributed by atoms with Crippen LogP contribution in [0.4, 0.5) is 17.6 Å². The molecule has 0 radical (unpaired) electrons. The second-order valence-corrected chi connectivity index (χ2v) is 4.59. The number of carboxylic acid groups (broad SMARTS) is 2. The highest BCUT2D eigenvalue weighted by Crippen LogP contribution is 2.42. The molecule has 22 heavy (non-hydrogen) atoms. The van der Waals surface area contributed by atoms with Gasteiger partial charge in [-0.2, -0.15) is 0 Å². The summed E-state index contributed by atoms with van der Waals surface area (Å²) >= 11 is 0. The van der Waals surface area contributed by atoms with Crippen LogP contribution in [0.25, 0.3) is 5.57 Å². The maximum absolute atomic E-state index is 14.1. The molecule has 1 aromatic carbocycles. The molecule has 0 heterocycles. The molecular weight excluding hydrogens is 308 g/mol. The third-order valence-corrected chi connectivity index (χ3v) is 3.27. The molecule has 4 nitrogen and oxygen atoms in total. The van der Waals surface area contributed by atoms with Gasteiger partial charge in [-0.3, -0.25) is 9.59 Å². The van der Waals surface area contributed by atoms with Crippen molar-refractivity contribution >= 4 is 17.5 Å². The van der Waals surface area contributed by atoms with Gasteiger partial charge in [0, 0.05) is 6.07 Å². The second-order valence-electron chi connectivity index (χ2n) is 4.59. The Hall–Kier alpha value is -2.64. The quantitative estimate of drug-likeness (QED) is 0.664. The standard InChI is InChI=1S/C14H8F4O4/c15-8-1-6(2-9(16)5-8)7-3-10(17)14(12(19)20,13(21)22)11(18)4-7/h1-5,10H,(H,19,20)(H,21,22). The van der Waals surface area contributed by atoms with Gasteiger partial charge < -0.3 is 10.2 Å². The van der Waals surface area contributed by atoms with Crippen LogP contribution in [0, 0.1) is 17.0 Å². The van der Waals surface area contributed by atoms with Crippen molar-refractivity contribution in [3.05, 3.63) is 53.4 Å². The minimum atomic E-state index is -3.41. The third kappa shape index (κ3) is 2.26. The van der Waals surface area contributed by atoms with Crippen molar-refractivity contribution in [3.8, 4) is 0 Å². The van der Waals surface area contributed by atoms with Crippen molar-refractivity contribution < 1.29 is 37.4 Å². The van der Waals surface area contributed by atoms with Gasteiger partial charge in [-0.25, -0.2) is 17.6 Å². The van der Waals surface area contributed by atoms with Gasteiger partial charge in [0.25, 0.3) is 0 Å². The van der Waals surface area contributed by atoms with Crippen LogP contribution < -0.4 is 0 Å². The molecule has 1 aliphatic rings. The van der Waals surface area contributed by atoms with E-state index in [9.17, 15) is 27.2 Å². The summed E-state index contributed by atoms with van der Waals surface area (Å²) in [5.74, 6) is -8.23. The van der Waals surface area contributed by atoms with E-state index in [1.54, 1.807) is 0 Å². The number of carbonyl (C=O) groups is 2. The number of benzene rings is 1. The minimum absolute atomic E-state index is 0.250. The Morgan fingerprint density at radius 3 is 1.91 bits per heavy atom. The lowest BCUT2D eigenvalue weighted by Gasteiger charge is -2.28. The summed E-state index contributed by atoms with van der Waals surface area (Å²) < 4.78 is 54.4. The molecule has 2 rings (SSSR count). The highest BCUT2D eigenvalue weighted by Gasteiger charge is 2.59. The number of carboxylic acids is 2. The molecule has 0 bridgehead atoms. The third-order valence-electron chi connectivity index (χ3n) is 3.27. The van der Waals surface area contributed by atoms with Crippen molar-refractivity contribution in [2.75, 3.05) is 0 Å². The fourth-order valence-electron chi connectivity index (χ4n) is 2.14. The molecule has 1 aromatic rings. The first-order valence-electron chi connectivity index (χ1n) is 5.86. The van der Waals surface area contributed by atoms with Crippen LogP contribution in [0.1, 0.15) is 5.56 Å². The van der Waals surface area contributed by atoms with E-state index in [2.05, 4.69) is 0 Å². The molecule has 116 valence electrons. The first-order chi connectivity index (χ1) is 10.2. The number of hydrogen-bond acceptors (Lipinski definition) is 2. The zero-order chi connectivity index (χ0) is 16.7. The van der Waals surface area contributed by atoms with Gasteiger partial charge in [0.05, 0.1) is 0 Å². The topological polar surface area (TPSA) is 74.6 Å². The Kier molecular flexibility index (Phi) is 3.78. The first kappa shape index (κ1) is 15.7. The van der Waals surface area contributed by atoms with Crippen molar-refractivity contribution in [2.24, 2.45) is 5.41 Å². The van der Waals surface area contributed by atoms with Crippen LogP contribution >= 0.6 is 0 Å². The molecule has 0 fully saturated rings. The van der Waals surface area contributed by atoms with E-state index in [0.29, 0.717) is 18.2 Å². The maximum Gasteiger partial charge on any atom is 0.331 e. The second kappa shape index (κ2) is 5.28. The van der Waals surface area contributed by atoms with Crippen molar-refractivity contribution in [2.45, 2.75) is 6.17 Å². The van der Waals surface area contributed by atoms with Crippen molar-refractivity contribution in [1.29, 1.82) is 0 Å². The summed E-state index contributed by atoms with van der Waals surface area (Å²) in [6.45, 7) is 0. The molecular formula is C14H8F4O4. The van der Waals surface area contributed by atoms with Gasteiger partial charge in [0.1, 0.15) is 17.5 Å². The zero-order valence-corrected chi connectivity index (χ0v) is 10.7. The lowest BCUT2D eigenvalue weighted by Crippen LogP contribution is -2.48. The number of allylic oxidation sites excluding steroid dienone is 3. The first-order valence-corrected chi connectivity index (χ1v) is 5.86. The lowest BCUT2D eigenvalue weighted by atomic mass is 9.76. The number of alkyl halides is 1. The predicted octanol–water partition coefficient (Wildman–Crippen LogP) is 2.71. The summed E-state index contributed by atoms with van der Waals surface area (Å²) in [6.07, 6.45) is -1.82. The largest absolute Gasteiger partial charge is 0.480 e. The van der Waals surface area contributed by atoms with Gasteiger partial charge in [0.2, 0.25) is 5.41 Å². The van der Waals surface area contributed by atoms with E-state index in [-0.39, 0.29) is 11.1 Å². The lowest BCUT2D eigenvalue weighted by molar-refractivity contribution is -0.166. The fraction of sp³-hybridized carbons (Fsp3) is 0.143. The smallest absolute Gasteiger partial charge is 0.331 e. The minimum Gasteiger partial charge on any atom is -0.480 e. The Labute approximate surface area is 121 Å². The number of hydrogen-bond donors (Lipinski definition) is 2. The molecule has 0 aromatic heterocycles. The predicted molar refractivity (Wildman–Crippen MR) is 66.1 cm³/mol. The highest BCUT2D eigenvalue weighted by atomic mass is 19.1. The summed E-state index contributed by atoms with van der Waals surface area (Å²) in [5, 5.41) is 17.8. The van der Waals surface area contributed by atoms with Crippen LogP contribution in [0.15, 0.2) is 36.2 Å². The summed E-state index contributed by atoms with van der Waals surface area (Å²) in [5.41, 5.74) is -4.02. The Balaban J connectivity index is 2.58. The maximum atomic E-state index is 14.1. The normalized spacial score (nSPS) is 20.1. The van der Waals surface area contributed by atoms with Gasteiger partial charge >= 0.3 is 11.9 Å². The van der Waals surface area contributed by atoms with Crippen molar-refractivity contribution in [1.82, 2.24) is 0 Å². The molecule has 2 N–H and O–H groups in total. The molecule has 1 atom stereocenters. The summed E-state index contributed by atoms with van der Waals surface area (Å²) in [6, 6.07) is 2.10. The SMILES string of the molecule is O=C(O)C1(C(=O)O)C(F)=CC(c2cc(F)cc(F)c2)=CC1F. The van der Waals surface area contributed by atoms with E-state index < -0.39 is 41.0 Å². The van der Waals surface area contributed by atoms with Crippen LogP contribution in [0.2, 0.25) is 0 Å². The van der Waals surface area contributed by atoms with E-state index in [1.165, 1.54) is 0 Å². The highest BCUT2D eigenvalue weighted by molar-refractivity contribution is 6.04. The van der Waals surface area contributed by atoms with E-state index in [4.69, 9.17) is 10.2 Å². The van der Waals surface area contributed by atoms with Crippen LogP contribution in [0.5, 0.6) is 0 Å². The average Bonchev–Trinajstić information content (AvgIpc) is 2.35.